The summed E-state index contributed by atoms with van der Waals surface area (Å²) in [6, 6.07) is 0. The van der Waals surface area contributed by atoms with Crippen LogP contribution in [0.25, 0.3) is 0 Å². The third-order valence-electron chi connectivity index (χ3n) is 1.28. The maximum atomic E-state index is 3.74. The summed E-state index contributed by atoms with van der Waals surface area (Å²) in [6.07, 6.45) is 7.00. The molecule has 0 bridgehead atoms. The number of allylic oxidation sites excluding steroid dienone is 3. The van der Waals surface area contributed by atoms with Gasteiger partial charge in [0.1, 0.15) is 0 Å². The Labute approximate surface area is 69.5 Å². The Balaban J connectivity index is 4.11. The van der Waals surface area contributed by atoms with Crippen LogP contribution in [0, 0.1) is 5.92 Å². The number of hydrogen-bond acceptors (Lipinski definition) is 1. The van der Waals surface area contributed by atoms with Crippen molar-refractivity contribution in [2.45, 2.75) is 27.2 Å². The van der Waals surface area contributed by atoms with E-state index in [1.807, 2.05) is 19.2 Å². The molecule has 0 aromatic heterocycles. The monoisotopic (exact) mass is 151 g/mol. The van der Waals surface area contributed by atoms with Crippen LogP contribution in [-0.4, -0.2) is 6.72 Å². The van der Waals surface area contributed by atoms with Crippen molar-refractivity contribution < 1.29 is 0 Å². The lowest BCUT2D eigenvalue weighted by Gasteiger charge is -2.03. The van der Waals surface area contributed by atoms with Crippen molar-refractivity contribution in [3.63, 3.8) is 0 Å². The molecule has 0 heterocycles. The van der Waals surface area contributed by atoms with Crippen LogP contribution < -0.4 is 0 Å². The molecule has 0 aliphatic heterocycles. The highest BCUT2D eigenvalue weighted by molar-refractivity contribution is 5.28. The fraction of sp³-hybridized carbons (Fsp3) is 0.500. The van der Waals surface area contributed by atoms with Crippen molar-refractivity contribution in [2.24, 2.45) is 10.9 Å². The summed E-state index contributed by atoms with van der Waals surface area (Å²) in [5, 5.41) is 0. The molecule has 0 aliphatic carbocycles. The van der Waals surface area contributed by atoms with Crippen LogP contribution in [-0.2, 0) is 0 Å². The molecule has 0 aliphatic rings. The quantitative estimate of drug-likeness (QED) is 0.432. The molecule has 0 rings (SSSR count). The van der Waals surface area contributed by atoms with E-state index in [-0.39, 0.29) is 0 Å². The highest BCUT2D eigenvalue weighted by Gasteiger charge is 1.95. The van der Waals surface area contributed by atoms with Gasteiger partial charge in [-0.1, -0.05) is 26.0 Å². The molecule has 0 spiro atoms. The van der Waals surface area contributed by atoms with E-state index in [0.29, 0.717) is 5.92 Å². The third kappa shape index (κ3) is 5.59. The molecule has 0 amide bonds. The fourth-order valence-electron chi connectivity index (χ4n) is 0.967. The average Bonchev–Trinajstić information content (AvgIpc) is 1.87. The van der Waals surface area contributed by atoms with E-state index in [4.69, 9.17) is 0 Å². The molecular weight excluding hydrogens is 134 g/mol. The standard InChI is InChI=1S/C10H17N/c1-5-6-10(8-11-4)7-9(2)3/h5-6,8-9H,4,7H2,1-3H3/b6-5-,10-8+. The molecule has 11 heavy (non-hydrogen) atoms. The van der Waals surface area contributed by atoms with Crippen LogP contribution in [0.4, 0.5) is 0 Å². The highest BCUT2D eigenvalue weighted by Crippen LogP contribution is 2.11. The summed E-state index contributed by atoms with van der Waals surface area (Å²) in [7, 11) is 0. The summed E-state index contributed by atoms with van der Waals surface area (Å²) in [5.74, 6) is 0.680. The summed E-state index contributed by atoms with van der Waals surface area (Å²) in [4.78, 5) is 3.74. The van der Waals surface area contributed by atoms with Crippen molar-refractivity contribution in [3.8, 4) is 0 Å². The third-order valence-corrected chi connectivity index (χ3v) is 1.28. The SMILES string of the molecule is C=N/C=C(\C=C/C)CC(C)C. The van der Waals surface area contributed by atoms with E-state index in [2.05, 4.69) is 31.6 Å². The second kappa shape index (κ2) is 5.90. The Morgan fingerprint density at radius 2 is 2.18 bits per heavy atom. The predicted molar refractivity (Wildman–Crippen MR) is 51.9 cm³/mol. The summed E-state index contributed by atoms with van der Waals surface area (Å²) < 4.78 is 0. The minimum atomic E-state index is 0.680. The lowest BCUT2D eigenvalue weighted by Crippen LogP contribution is -1.88. The van der Waals surface area contributed by atoms with Gasteiger partial charge in [0.15, 0.2) is 0 Å². The summed E-state index contributed by atoms with van der Waals surface area (Å²) in [6.45, 7) is 9.83. The molecule has 0 fully saturated rings. The van der Waals surface area contributed by atoms with Crippen LogP contribution in [0.15, 0.2) is 28.9 Å². The van der Waals surface area contributed by atoms with Gasteiger partial charge in [0.25, 0.3) is 0 Å². The zero-order chi connectivity index (χ0) is 8.69. The van der Waals surface area contributed by atoms with Crippen molar-refractivity contribution in [1.29, 1.82) is 0 Å². The smallest absolute Gasteiger partial charge is 0.0292 e. The van der Waals surface area contributed by atoms with Gasteiger partial charge in [-0.2, -0.15) is 0 Å². The van der Waals surface area contributed by atoms with Crippen LogP contribution in [0.2, 0.25) is 0 Å². The van der Waals surface area contributed by atoms with E-state index in [0.717, 1.165) is 6.42 Å². The van der Waals surface area contributed by atoms with E-state index in [9.17, 15) is 0 Å². The normalized spacial score (nSPS) is 12.9. The van der Waals surface area contributed by atoms with Crippen LogP contribution >= 0.6 is 0 Å². The molecule has 0 radical (unpaired) electrons. The Hall–Kier alpha value is -0.850. The molecule has 0 N–H and O–H groups in total. The first-order chi connectivity index (χ1) is 5.20. The maximum Gasteiger partial charge on any atom is 0.0292 e. The van der Waals surface area contributed by atoms with E-state index in [1.54, 1.807) is 0 Å². The minimum absolute atomic E-state index is 0.680. The first-order valence-electron chi connectivity index (χ1n) is 3.98. The molecule has 1 heteroatoms. The van der Waals surface area contributed by atoms with E-state index < -0.39 is 0 Å². The topological polar surface area (TPSA) is 12.4 Å². The molecule has 0 saturated carbocycles. The van der Waals surface area contributed by atoms with Gasteiger partial charge in [-0.15, -0.1) is 0 Å². The molecule has 62 valence electrons. The molecule has 0 saturated heterocycles. The van der Waals surface area contributed by atoms with Crippen molar-refractivity contribution in [2.75, 3.05) is 0 Å². The number of hydrogen-bond donors (Lipinski definition) is 0. The van der Waals surface area contributed by atoms with Crippen LogP contribution in [0.5, 0.6) is 0 Å². The maximum absolute atomic E-state index is 3.74. The van der Waals surface area contributed by atoms with Crippen LogP contribution in [0.1, 0.15) is 27.2 Å². The first-order valence-corrected chi connectivity index (χ1v) is 3.98. The van der Waals surface area contributed by atoms with Crippen molar-refractivity contribution in [3.05, 3.63) is 23.9 Å². The predicted octanol–water partition coefficient (Wildman–Crippen LogP) is 3.19. The number of nitrogens with zero attached hydrogens (tertiary/aromatic N) is 1. The molecule has 1 nitrogen and oxygen atoms in total. The average molecular weight is 151 g/mol. The van der Waals surface area contributed by atoms with Gasteiger partial charge >= 0.3 is 0 Å². The molecule has 0 unspecified atom stereocenters. The molecule has 0 atom stereocenters. The zero-order valence-electron chi connectivity index (χ0n) is 7.67. The van der Waals surface area contributed by atoms with Crippen molar-refractivity contribution in [1.82, 2.24) is 0 Å². The van der Waals surface area contributed by atoms with Gasteiger partial charge in [-0.3, -0.25) is 4.99 Å². The minimum Gasteiger partial charge on any atom is -0.272 e. The summed E-state index contributed by atoms with van der Waals surface area (Å²) >= 11 is 0. The van der Waals surface area contributed by atoms with Gasteiger partial charge in [-0.05, 0) is 31.6 Å². The Bertz CT molecular complexity index is 164. The van der Waals surface area contributed by atoms with Crippen LogP contribution in [0.3, 0.4) is 0 Å². The summed E-state index contributed by atoms with van der Waals surface area (Å²) in [5.41, 5.74) is 1.25. The second-order valence-electron chi connectivity index (χ2n) is 2.98. The number of aliphatic imine (C=N–C) groups is 1. The lowest BCUT2D eigenvalue weighted by molar-refractivity contribution is 0.649. The first kappa shape index (κ1) is 10.2. The zero-order valence-corrected chi connectivity index (χ0v) is 7.67. The van der Waals surface area contributed by atoms with Gasteiger partial charge in [-0.25, -0.2) is 0 Å². The largest absolute Gasteiger partial charge is 0.272 e. The highest BCUT2D eigenvalue weighted by atomic mass is 14.6. The Morgan fingerprint density at radius 1 is 1.55 bits per heavy atom. The van der Waals surface area contributed by atoms with Crippen molar-refractivity contribution >= 4 is 6.72 Å². The second-order valence-corrected chi connectivity index (χ2v) is 2.98. The molecule has 0 aromatic carbocycles. The van der Waals surface area contributed by atoms with Gasteiger partial charge in [0.05, 0.1) is 0 Å². The molecular formula is C10H17N. The van der Waals surface area contributed by atoms with Gasteiger partial charge < -0.3 is 0 Å². The van der Waals surface area contributed by atoms with E-state index in [1.165, 1.54) is 5.57 Å². The Kier molecular flexibility index (Phi) is 5.44. The van der Waals surface area contributed by atoms with Gasteiger partial charge in [0, 0.05) is 6.20 Å². The fourth-order valence-corrected chi connectivity index (χ4v) is 0.967. The lowest BCUT2D eigenvalue weighted by atomic mass is 10.0. The Morgan fingerprint density at radius 3 is 2.55 bits per heavy atom. The van der Waals surface area contributed by atoms with E-state index >= 15 is 0 Å². The van der Waals surface area contributed by atoms with Gasteiger partial charge in [0.2, 0.25) is 0 Å². The number of rotatable bonds is 4. The molecule has 0 aromatic rings.